The lowest BCUT2D eigenvalue weighted by atomic mass is 10.1. The van der Waals surface area contributed by atoms with Crippen molar-refractivity contribution in [2.75, 3.05) is 14.2 Å². The summed E-state index contributed by atoms with van der Waals surface area (Å²) < 4.78 is 9.93. The lowest BCUT2D eigenvalue weighted by Crippen LogP contribution is -1.92. The minimum Gasteiger partial charge on any atom is -0.504 e. The topological polar surface area (TPSA) is 76.0 Å². The summed E-state index contributed by atoms with van der Waals surface area (Å²) in [6, 6.07) is 2.96. The van der Waals surface area contributed by atoms with E-state index in [2.05, 4.69) is 0 Å². The number of methoxy groups -OCH3 is 2. The minimum atomic E-state index is -1.06. The van der Waals surface area contributed by atoms with Crippen molar-refractivity contribution in [3.63, 3.8) is 0 Å². The lowest BCUT2D eigenvalue weighted by molar-refractivity contribution is -0.131. The number of aliphatic carboxylic acids is 1. The van der Waals surface area contributed by atoms with Crippen LogP contribution in [0.15, 0.2) is 18.2 Å². The second-order valence-electron chi connectivity index (χ2n) is 2.95. The highest BCUT2D eigenvalue weighted by Crippen LogP contribution is 2.37. The van der Waals surface area contributed by atoms with Crippen molar-refractivity contribution in [3.8, 4) is 17.2 Å². The van der Waals surface area contributed by atoms with Gasteiger partial charge in [0, 0.05) is 6.08 Å². The van der Waals surface area contributed by atoms with Crippen LogP contribution in [-0.2, 0) is 4.79 Å². The number of phenolic OH excluding ortho intramolecular Hbond substituents is 1. The molecule has 1 rings (SSSR count). The van der Waals surface area contributed by atoms with Gasteiger partial charge in [0.25, 0.3) is 0 Å². The maximum atomic E-state index is 10.3. The third-order valence-electron chi connectivity index (χ3n) is 1.90. The molecule has 2 N–H and O–H groups in total. The molecule has 0 aliphatic heterocycles. The van der Waals surface area contributed by atoms with E-state index in [-0.39, 0.29) is 11.5 Å². The van der Waals surface area contributed by atoms with Gasteiger partial charge in [-0.05, 0) is 23.8 Å². The highest BCUT2D eigenvalue weighted by Gasteiger charge is 2.10. The molecule has 5 nitrogen and oxygen atoms in total. The Morgan fingerprint density at radius 1 is 1.31 bits per heavy atom. The fourth-order valence-corrected chi connectivity index (χ4v) is 1.23. The van der Waals surface area contributed by atoms with E-state index in [1.807, 2.05) is 0 Å². The number of benzene rings is 1. The van der Waals surface area contributed by atoms with E-state index >= 15 is 0 Å². The number of carboxylic acid groups (broad SMARTS) is 1. The van der Waals surface area contributed by atoms with E-state index in [1.165, 1.54) is 26.4 Å². The first kappa shape index (κ1) is 11.9. The van der Waals surface area contributed by atoms with Gasteiger partial charge in [0.15, 0.2) is 11.5 Å². The summed E-state index contributed by atoms with van der Waals surface area (Å²) in [5.41, 5.74) is 0.512. The average Bonchev–Trinajstić information content (AvgIpc) is 2.25. The number of hydrogen-bond donors (Lipinski definition) is 2. The zero-order valence-corrected chi connectivity index (χ0v) is 8.93. The van der Waals surface area contributed by atoms with Crippen molar-refractivity contribution in [3.05, 3.63) is 23.8 Å². The average molecular weight is 224 g/mol. The molecule has 0 aliphatic rings. The Labute approximate surface area is 92.5 Å². The standard InChI is InChI=1S/C11H12O5/c1-15-9-6-7(3-4-10(13)14)5-8(12)11(9)16-2/h3-6,12H,1-2H3,(H,13,14)/b4-3+. The molecule has 0 saturated heterocycles. The van der Waals surface area contributed by atoms with E-state index in [0.29, 0.717) is 11.3 Å². The van der Waals surface area contributed by atoms with Gasteiger partial charge in [-0.3, -0.25) is 0 Å². The first-order valence-corrected chi connectivity index (χ1v) is 4.44. The summed E-state index contributed by atoms with van der Waals surface area (Å²) in [4.78, 5) is 10.3. The van der Waals surface area contributed by atoms with Gasteiger partial charge in [-0.25, -0.2) is 4.79 Å². The number of aromatic hydroxyl groups is 1. The Hall–Kier alpha value is -2.17. The van der Waals surface area contributed by atoms with Crippen LogP contribution in [0.5, 0.6) is 17.2 Å². The quantitative estimate of drug-likeness (QED) is 0.758. The summed E-state index contributed by atoms with van der Waals surface area (Å²) in [6.07, 6.45) is 2.32. The summed E-state index contributed by atoms with van der Waals surface area (Å²) in [5, 5.41) is 18.0. The first-order chi connectivity index (χ1) is 7.58. The molecule has 0 aliphatic carbocycles. The second kappa shape index (κ2) is 5.06. The molecule has 0 aromatic heterocycles. The minimum absolute atomic E-state index is 0.105. The Morgan fingerprint density at radius 3 is 2.50 bits per heavy atom. The molecular weight excluding hydrogens is 212 g/mol. The van der Waals surface area contributed by atoms with Crippen molar-refractivity contribution >= 4 is 12.0 Å². The molecule has 1 aromatic carbocycles. The fraction of sp³-hybridized carbons (Fsp3) is 0.182. The molecule has 1 aromatic rings. The number of ether oxygens (including phenoxy) is 2. The molecule has 0 amide bonds. The number of rotatable bonds is 4. The molecule has 5 heteroatoms. The van der Waals surface area contributed by atoms with Crippen LogP contribution in [0.4, 0.5) is 0 Å². The number of carboxylic acids is 1. The molecule has 0 unspecified atom stereocenters. The van der Waals surface area contributed by atoms with E-state index in [9.17, 15) is 9.90 Å². The van der Waals surface area contributed by atoms with Crippen molar-refractivity contribution in [1.29, 1.82) is 0 Å². The maximum absolute atomic E-state index is 10.3. The van der Waals surface area contributed by atoms with E-state index in [0.717, 1.165) is 6.08 Å². The summed E-state index contributed by atoms with van der Waals surface area (Å²) in [6.45, 7) is 0. The van der Waals surface area contributed by atoms with Gasteiger partial charge >= 0.3 is 5.97 Å². The Bertz CT molecular complexity index is 423. The van der Waals surface area contributed by atoms with Gasteiger partial charge in [-0.1, -0.05) is 0 Å². The van der Waals surface area contributed by atoms with Crippen LogP contribution in [-0.4, -0.2) is 30.4 Å². The van der Waals surface area contributed by atoms with E-state index in [1.54, 1.807) is 6.07 Å². The normalized spacial score (nSPS) is 10.4. The van der Waals surface area contributed by atoms with Gasteiger partial charge in [-0.2, -0.15) is 0 Å². The Kier molecular flexibility index (Phi) is 3.77. The van der Waals surface area contributed by atoms with Gasteiger partial charge in [0.1, 0.15) is 0 Å². The van der Waals surface area contributed by atoms with Crippen molar-refractivity contribution in [2.24, 2.45) is 0 Å². The first-order valence-electron chi connectivity index (χ1n) is 4.44. The largest absolute Gasteiger partial charge is 0.504 e. The van der Waals surface area contributed by atoms with Crippen molar-refractivity contribution in [1.82, 2.24) is 0 Å². The SMILES string of the molecule is COc1cc(/C=C/C(=O)O)cc(O)c1OC. The molecule has 0 radical (unpaired) electrons. The summed E-state index contributed by atoms with van der Waals surface area (Å²) >= 11 is 0. The smallest absolute Gasteiger partial charge is 0.328 e. The van der Waals surface area contributed by atoms with Gasteiger partial charge in [0.2, 0.25) is 5.75 Å². The van der Waals surface area contributed by atoms with Crippen LogP contribution in [0.1, 0.15) is 5.56 Å². The maximum Gasteiger partial charge on any atom is 0.328 e. The third kappa shape index (κ3) is 2.66. The molecule has 86 valence electrons. The van der Waals surface area contributed by atoms with Crippen molar-refractivity contribution < 1.29 is 24.5 Å². The molecule has 0 heterocycles. The zero-order chi connectivity index (χ0) is 12.1. The number of phenols is 1. The number of carbonyl (C=O) groups is 1. The predicted octanol–water partition coefficient (Wildman–Crippen LogP) is 1.51. The fourth-order valence-electron chi connectivity index (χ4n) is 1.23. The van der Waals surface area contributed by atoms with Crippen LogP contribution >= 0.6 is 0 Å². The zero-order valence-electron chi connectivity index (χ0n) is 8.93. The van der Waals surface area contributed by atoms with E-state index < -0.39 is 5.97 Å². The molecule has 0 fully saturated rings. The van der Waals surface area contributed by atoms with Gasteiger partial charge in [-0.15, -0.1) is 0 Å². The molecule has 0 bridgehead atoms. The Balaban J connectivity index is 3.15. The highest BCUT2D eigenvalue weighted by atomic mass is 16.5. The van der Waals surface area contributed by atoms with Crippen LogP contribution in [0.3, 0.4) is 0 Å². The summed E-state index contributed by atoms with van der Waals surface area (Å²) in [7, 11) is 2.84. The van der Waals surface area contributed by atoms with Crippen molar-refractivity contribution in [2.45, 2.75) is 0 Å². The molecule has 0 atom stereocenters. The van der Waals surface area contributed by atoms with Crippen LogP contribution in [0.2, 0.25) is 0 Å². The molecular formula is C11H12O5. The summed E-state index contributed by atoms with van der Waals surface area (Å²) in [5.74, 6) is -0.608. The Morgan fingerprint density at radius 2 is 2.00 bits per heavy atom. The van der Waals surface area contributed by atoms with Crippen LogP contribution in [0.25, 0.3) is 6.08 Å². The third-order valence-corrected chi connectivity index (χ3v) is 1.90. The predicted molar refractivity (Wildman–Crippen MR) is 57.9 cm³/mol. The van der Waals surface area contributed by atoms with Crippen LogP contribution < -0.4 is 9.47 Å². The number of hydrogen-bond acceptors (Lipinski definition) is 4. The van der Waals surface area contributed by atoms with Gasteiger partial charge < -0.3 is 19.7 Å². The van der Waals surface area contributed by atoms with Crippen LogP contribution in [0, 0.1) is 0 Å². The molecule has 0 saturated carbocycles. The van der Waals surface area contributed by atoms with Gasteiger partial charge in [0.05, 0.1) is 14.2 Å². The highest BCUT2D eigenvalue weighted by molar-refractivity contribution is 5.85. The van der Waals surface area contributed by atoms with E-state index in [4.69, 9.17) is 14.6 Å². The monoisotopic (exact) mass is 224 g/mol. The lowest BCUT2D eigenvalue weighted by Gasteiger charge is -2.09. The molecule has 0 spiro atoms. The molecule has 16 heavy (non-hydrogen) atoms. The second-order valence-corrected chi connectivity index (χ2v) is 2.95.